The van der Waals surface area contributed by atoms with Gasteiger partial charge in [-0.3, -0.25) is 9.59 Å². The Balaban J connectivity index is 1.74. The fraction of sp³-hybridized carbons (Fsp3) is 0.333. The van der Waals surface area contributed by atoms with Crippen LogP contribution in [0.4, 0.5) is 0 Å². The fourth-order valence-electron chi connectivity index (χ4n) is 3.49. The van der Waals surface area contributed by atoms with E-state index in [9.17, 15) is 9.59 Å². The Labute approximate surface area is 148 Å². The lowest BCUT2D eigenvalue weighted by Crippen LogP contribution is -2.45. The molecule has 0 unspecified atom stereocenters. The number of amides is 1. The van der Waals surface area contributed by atoms with Crippen molar-refractivity contribution in [3.63, 3.8) is 0 Å². The Hall–Kier alpha value is -2.08. The van der Waals surface area contributed by atoms with Crippen LogP contribution in [-0.4, -0.2) is 28.0 Å². The van der Waals surface area contributed by atoms with Crippen LogP contribution in [0.3, 0.4) is 0 Å². The number of aromatic nitrogens is 1. The SMILES string of the molecule is O=C1c2c(OCc3ccccc3)c(=O)c(Br)cn2C[C@H]2CCCN12. The van der Waals surface area contributed by atoms with Crippen LogP contribution in [0.2, 0.25) is 0 Å². The summed E-state index contributed by atoms with van der Waals surface area (Å²) in [7, 11) is 0. The topological polar surface area (TPSA) is 51.5 Å². The van der Waals surface area contributed by atoms with Crippen molar-refractivity contribution in [1.29, 1.82) is 0 Å². The van der Waals surface area contributed by atoms with E-state index in [1.54, 1.807) is 6.20 Å². The van der Waals surface area contributed by atoms with Crippen molar-refractivity contribution in [3.05, 3.63) is 62.5 Å². The summed E-state index contributed by atoms with van der Waals surface area (Å²) >= 11 is 3.31. The Morgan fingerprint density at radius 3 is 2.79 bits per heavy atom. The number of carbonyl (C=O) groups excluding carboxylic acids is 1. The Bertz CT molecular complexity index is 847. The first-order valence-electron chi connectivity index (χ1n) is 8.06. The van der Waals surface area contributed by atoms with Crippen LogP contribution in [0.15, 0.2) is 45.8 Å². The molecule has 1 aromatic heterocycles. The summed E-state index contributed by atoms with van der Waals surface area (Å²) in [6, 6.07) is 9.85. The van der Waals surface area contributed by atoms with E-state index in [0.29, 0.717) is 16.7 Å². The third-order valence-corrected chi connectivity index (χ3v) is 5.23. The van der Waals surface area contributed by atoms with Crippen molar-refractivity contribution in [2.24, 2.45) is 0 Å². The maximum atomic E-state index is 12.9. The van der Waals surface area contributed by atoms with Crippen LogP contribution in [-0.2, 0) is 13.2 Å². The van der Waals surface area contributed by atoms with Gasteiger partial charge in [0, 0.05) is 19.3 Å². The summed E-state index contributed by atoms with van der Waals surface area (Å²) in [6.45, 7) is 1.73. The number of hydrogen-bond acceptors (Lipinski definition) is 3. The number of benzene rings is 1. The van der Waals surface area contributed by atoms with Crippen LogP contribution in [0, 0.1) is 0 Å². The second-order valence-electron chi connectivity index (χ2n) is 6.21. The molecule has 0 N–H and O–H groups in total. The van der Waals surface area contributed by atoms with Gasteiger partial charge in [-0.1, -0.05) is 30.3 Å². The standard InChI is InChI=1S/C18H17BrN2O3/c19-14-10-20-9-13-7-4-8-21(13)18(23)15(20)17(16(14)22)24-11-12-5-2-1-3-6-12/h1-3,5-6,10,13H,4,7-9,11H2/t13-/m1/s1. The van der Waals surface area contributed by atoms with Gasteiger partial charge in [0.15, 0.2) is 11.4 Å². The second-order valence-corrected chi connectivity index (χ2v) is 7.06. The monoisotopic (exact) mass is 388 g/mol. The minimum Gasteiger partial charge on any atom is -0.483 e. The smallest absolute Gasteiger partial charge is 0.274 e. The summed E-state index contributed by atoms with van der Waals surface area (Å²) in [5.74, 6) is 0.0417. The van der Waals surface area contributed by atoms with E-state index in [4.69, 9.17) is 4.74 Å². The number of ether oxygens (including phenoxy) is 1. The first kappa shape index (κ1) is 15.4. The molecule has 1 amide bonds. The van der Waals surface area contributed by atoms with Crippen molar-refractivity contribution in [1.82, 2.24) is 9.47 Å². The van der Waals surface area contributed by atoms with Crippen LogP contribution in [0.5, 0.6) is 5.75 Å². The molecule has 1 saturated heterocycles. The Morgan fingerprint density at radius 2 is 2.00 bits per heavy atom. The van der Waals surface area contributed by atoms with Crippen LogP contribution >= 0.6 is 15.9 Å². The van der Waals surface area contributed by atoms with Gasteiger partial charge in [0.05, 0.1) is 10.5 Å². The predicted molar refractivity (Wildman–Crippen MR) is 93.2 cm³/mol. The predicted octanol–water partition coefficient (Wildman–Crippen LogP) is 2.81. The van der Waals surface area contributed by atoms with Crippen molar-refractivity contribution in [2.45, 2.75) is 32.0 Å². The first-order chi connectivity index (χ1) is 11.6. The lowest BCUT2D eigenvalue weighted by Gasteiger charge is -2.33. The number of halogens is 1. The molecule has 0 bridgehead atoms. The molecule has 0 aliphatic carbocycles. The van der Waals surface area contributed by atoms with E-state index >= 15 is 0 Å². The molecular weight excluding hydrogens is 372 g/mol. The Kier molecular flexibility index (Phi) is 3.92. The number of fused-ring (bicyclic) bond motifs is 2. The average molecular weight is 389 g/mol. The van der Waals surface area contributed by atoms with Gasteiger partial charge >= 0.3 is 0 Å². The Morgan fingerprint density at radius 1 is 1.21 bits per heavy atom. The van der Waals surface area contributed by atoms with Crippen LogP contribution in [0.25, 0.3) is 0 Å². The van der Waals surface area contributed by atoms with Gasteiger partial charge in [-0.15, -0.1) is 0 Å². The fourth-order valence-corrected chi connectivity index (χ4v) is 3.92. The highest BCUT2D eigenvalue weighted by Gasteiger charge is 2.38. The molecule has 124 valence electrons. The largest absolute Gasteiger partial charge is 0.483 e. The molecule has 1 fully saturated rings. The van der Waals surface area contributed by atoms with Crippen molar-refractivity contribution in [2.75, 3.05) is 6.54 Å². The second kappa shape index (κ2) is 6.09. The molecule has 4 rings (SSSR count). The van der Waals surface area contributed by atoms with E-state index in [1.165, 1.54) is 0 Å². The van der Waals surface area contributed by atoms with Crippen LogP contribution < -0.4 is 10.2 Å². The summed E-state index contributed by atoms with van der Waals surface area (Å²) in [5.41, 5.74) is 1.05. The molecule has 1 aromatic carbocycles. The van der Waals surface area contributed by atoms with Gasteiger partial charge in [0.2, 0.25) is 5.43 Å². The van der Waals surface area contributed by atoms with Gasteiger partial charge in [0.1, 0.15) is 6.61 Å². The summed E-state index contributed by atoms with van der Waals surface area (Å²) in [5, 5.41) is 0. The van der Waals surface area contributed by atoms with Gasteiger partial charge < -0.3 is 14.2 Å². The number of rotatable bonds is 3. The van der Waals surface area contributed by atoms with Crippen molar-refractivity contribution in [3.8, 4) is 5.75 Å². The molecule has 2 aromatic rings. The molecule has 2 aliphatic heterocycles. The molecule has 24 heavy (non-hydrogen) atoms. The molecule has 2 aliphatic rings. The minimum atomic E-state index is -0.275. The molecule has 0 saturated carbocycles. The highest BCUT2D eigenvalue weighted by molar-refractivity contribution is 9.10. The zero-order chi connectivity index (χ0) is 16.7. The van der Waals surface area contributed by atoms with E-state index in [-0.39, 0.29) is 29.7 Å². The zero-order valence-corrected chi connectivity index (χ0v) is 14.7. The van der Waals surface area contributed by atoms with Gasteiger partial charge in [-0.2, -0.15) is 0 Å². The van der Waals surface area contributed by atoms with Gasteiger partial charge in [-0.05, 0) is 34.3 Å². The molecular formula is C18H17BrN2O3. The van der Waals surface area contributed by atoms with Crippen molar-refractivity contribution >= 4 is 21.8 Å². The lowest BCUT2D eigenvalue weighted by molar-refractivity contribution is 0.0657. The third-order valence-electron chi connectivity index (χ3n) is 4.67. The number of nitrogens with zero attached hydrogens (tertiary/aromatic N) is 2. The maximum Gasteiger partial charge on any atom is 0.274 e. The van der Waals surface area contributed by atoms with E-state index < -0.39 is 0 Å². The molecule has 5 nitrogen and oxygen atoms in total. The summed E-state index contributed by atoms with van der Waals surface area (Å²) in [4.78, 5) is 27.3. The minimum absolute atomic E-state index is 0.101. The maximum absolute atomic E-state index is 12.9. The molecule has 0 radical (unpaired) electrons. The quantitative estimate of drug-likeness (QED) is 0.812. The number of carbonyl (C=O) groups is 1. The molecule has 3 heterocycles. The van der Waals surface area contributed by atoms with Crippen molar-refractivity contribution < 1.29 is 9.53 Å². The highest BCUT2D eigenvalue weighted by Crippen LogP contribution is 2.30. The van der Waals surface area contributed by atoms with E-state index in [2.05, 4.69) is 15.9 Å². The zero-order valence-electron chi connectivity index (χ0n) is 13.1. The van der Waals surface area contributed by atoms with Gasteiger partial charge in [0.25, 0.3) is 5.91 Å². The number of pyridine rings is 1. The summed E-state index contributed by atoms with van der Waals surface area (Å²) < 4.78 is 8.10. The number of hydrogen-bond donors (Lipinski definition) is 0. The molecule has 6 heteroatoms. The summed E-state index contributed by atoms with van der Waals surface area (Å²) in [6.07, 6.45) is 3.73. The van der Waals surface area contributed by atoms with E-state index in [0.717, 1.165) is 24.9 Å². The average Bonchev–Trinajstić information content (AvgIpc) is 3.05. The lowest BCUT2D eigenvalue weighted by atomic mass is 10.1. The van der Waals surface area contributed by atoms with E-state index in [1.807, 2.05) is 39.8 Å². The molecule has 1 atom stereocenters. The first-order valence-corrected chi connectivity index (χ1v) is 8.85. The highest BCUT2D eigenvalue weighted by atomic mass is 79.9. The molecule has 0 spiro atoms. The van der Waals surface area contributed by atoms with Gasteiger partial charge in [-0.25, -0.2) is 0 Å². The third kappa shape index (κ3) is 2.55. The van der Waals surface area contributed by atoms with Crippen LogP contribution in [0.1, 0.15) is 28.9 Å². The normalized spacial score (nSPS) is 19.1.